The van der Waals surface area contributed by atoms with Gasteiger partial charge in [-0.2, -0.15) is 0 Å². The highest BCUT2D eigenvalue weighted by Gasteiger charge is 2.35. The van der Waals surface area contributed by atoms with Crippen LogP contribution in [0.4, 0.5) is 0 Å². The molecule has 1 rings (SSSR count). The van der Waals surface area contributed by atoms with E-state index in [1.807, 2.05) is 0 Å². The fraction of sp³-hybridized carbons (Fsp3) is 1.00. The van der Waals surface area contributed by atoms with Crippen molar-refractivity contribution in [1.29, 1.82) is 0 Å². The Kier molecular flexibility index (Phi) is 5.11. The van der Waals surface area contributed by atoms with Gasteiger partial charge in [0, 0.05) is 6.61 Å². The summed E-state index contributed by atoms with van der Waals surface area (Å²) in [6.07, 6.45) is 8.55. The zero-order valence-corrected chi connectivity index (χ0v) is 11.0. The van der Waals surface area contributed by atoms with E-state index in [1.54, 1.807) is 0 Å². The molecule has 0 aromatic carbocycles. The standard InChI is InChI=1S/C14H28O/c1-5-7-8-12-11-13(15-6-2)9-10-14(12,3)4/h12-13H,5-11H2,1-4H3. The van der Waals surface area contributed by atoms with Gasteiger partial charge in [-0.25, -0.2) is 0 Å². The second-order valence-corrected chi connectivity index (χ2v) is 5.68. The zero-order valence-electron chi connectivity index (χ0n) is 11.0. The summed E-state index contributed by atoms with van der Waals surface area (Å²) in [6.45, 7) is 10.2. The summed E-state index contributed by atoms with van der Waals surface area (Å²) in [7, 11) is 0. The number of hydrogen-bond donors (Lipinski definition) is 0. The number of ether oxygens (including phenoxy) is 1. The molecule has 2 atom stereocenters. The van der Waals surface area contributed by atoms with Crippen LogP contribution in [0, 0.1) is 11.3 Å². The highest BCUT2D eigenvalue weighted by atomic mass is 16.5. The molecule has 0 heterocycles. The van der Waals surface area contributed by atoms with E-state index in [9.17, 15) is 0 Å². The molecule has 0 aromatic rings. The molecule has 0 spiro atoms. The molecule has 0 amide bonds. The van der Waals surface area contributed by atoms with E-state index >= 15 is 0 Å². The van der Waals surface area contributed by atoms with E-state index in [2.05, 4.69) is 27.7 Å². The molecule has 1 fully saturated rings. The van der Waals surface area contributed by atoms with Crippen LogP contribution < -0.4 is 0 Å². The molecule has 1 aliphatic carbocycles. The minimum absolute atomic E-state index is 0.544. The van der Waals surface area contributed by atoms with E-state index in [-0.39, 0.29) is 0 Å². The maximum Gasteiger partial charge on any atom is 0.0578 e. The van der Waals surface area contributed by atoms with Crippen LogP contribution in [0.15, 0.2) is 0 Å². The van der Waals surface area contributed by atoms with E-state index < -0.39 is 0 Å². The van der Waals surface area contributed by atoms with E-state index in [4.69, 9.17) is 4.74 Å². The summed E-state index contributed by atoms with van der Waals surface area (Å²) in [4.78, 5) is 0. The average molecular weight is 212 g/mol. The first-order chi connectivity index (χ1) is 7.10. The van der Waals surface area contributed by atoms with Crippen LogP contribution in [0.3, 0.4) is 0 Å². The molecule has 1 saturated carbocycles. The molecule has 0 saturated heterocycles. The first-order valence-electron chi connectivity index (χ1n) is 6.71. The molecule has 1 heteroatoms. The smallest absolute Gasteiger partial charge is 0.0578 e. The van der Waals surface area contributed by atoms with Gasteiger partial charge in [0.05, 0.1) is 6.10 Å². The summed E-state index contributed by atoms with van der Waals surface area (Å²) >= 11 is 0. The average Bonchev–Trinajstić information content (AvgIpc) is 2.19. The highest BCUT2D eigenvalue weighted by molar-refractivity contribution is 4.86. The van der Waals surface area contributed by atoms with E-state index in [0.717, 1.165) is 12.5 Å². The third kappa shape index (κ3) is 3.79. The lowest BCUT2D eigenvalue weighted by atomic mass is 9.66. The van der Waals surface area contributed by atoms with Crippen molar-refractivity contribution in [2.75, 3.05) is 6.61 Å². The molecule has 90 valence electrons. The Morgan fingerprint density at radius 3 is 2.60 bits per heavy atom. The maximum absolute atomic E-state index is 5.79. The molecule has 2 unspecified atom stereocenters. The van der Waals surface area contributed by atoms with Crippen molar-refractivity contribution in [2.24, 2.45) is 11.3 Å². The van der Waals surface area contributed by atoms with Gasteiger partial charge in [0.2, 0.25) is 0 Å². The summed E-state index contributed by atoms with van der Waals surface area (Å²) < 4.78 is 5.79. The third-order valence-electron chi connectivity index (χ3n) is 4.07. The van der Waals surface area contributed by atoms with Crippen molar-refractivity contribution in [3.63, 3.8) is 0 Å². The molecule has 0 bridgehead atoms. The Bertz CT molecular complexity index is 174. The molecule has 0 aromatic heterocycles. The van der Waals surface area contributed by atoms with Crippen molar-refractivity contribution in [2.45, 2.75) is 72.3 Å². The summed E-state index contributed by atoms with van der Waals surface area (Å²) in [5.74, 6) is 0.878. The van der Waals surface area contributed by atoms with E-state index in [1.165, 1.54) is 38.5 Å². The zero-order chi connectivity index (χ0) is 11.3. The lowest BCUT2D eigenvalue weighted by Gasteiger charge is -2.42. The quantitative estimate of drug-likeness (QED) is 0.656. The first-order valence-corrected chi connectivity index (χ1v) is 6.71. The molecule has 1 aliphatic rings. The molecule has 0 radical (unpaired) electrons. The lowest BCUT2D eigenvalue weighted by Crippen LogP contribution is -2.35. The van der Waals surface area contributed by atoms with Crippen molar-refractivity contribution in [3.05, 3.63) is 0 Å². The number of unbranched alkanes of at least 4 members (excludes halogenated alkanes) is 1. The van der Waals surface area contributed by atoms with Crippen LogP contribution in [0.1, 0.15) is 66.2 Å². The largest absolute Gasteiger partial charge is 0.378 e. The van der Waals surface area contributed by atoms with Gasteiger partial charge in [0.15, 0.2) is 0 Å². The van der Waals surface area contributed by atoms with Gasteiger partial charge >= 0.3 is 0 Å². The first kappa shape index (κ1) is 13.0. The van der Waals surface area contributed by atoms with Gasteiger partial charge in [-0.05, 0) is 43.9 Å². The predicted molar refractivity (Wildman–Crippen MR) is 66.1 cm³/mol. The van der Waals surface area contributed by atoms with Crippen molar-refractivity contribution >= 4 is 0 Å². The minimum Gasteiger partial charge on any atom is -0.378 e. The number of hydrogen-bond acceptors (Lipinski definition) is 1. The van der Waals surface area contributed by atoms with E-state index in [0.29, 0.717) is 11.5 Å². The van der Waals surface area contributed by atoms with Gasteiger partial charge in [0.25, 0.3) is 0 Å². The van der Waals surface area contributed by atoms with Gasteiger partial charge in [-0.15, -0.1) is 0 Å². The molecule has 0 aliphatic heterocycles. The molecular formula is C14H28O. The normalized spacial score (nSPS) is 30.4. The van der Waals surface area contributed by atoms with Crippen LogP contribution in [0.2, 0.25) is 0 Å². The summed E-state index contributed by atoms with van der Waals surface area (Å²) in [5.41, 5.74) is 0.544. The lowest BCUT2D eigenvalue weighted by molar-refractivity contribution is -0.0233. The Morgan fingerprint density at radius 1 is 1.27 bits per heavy atom. The topological polar surface area (TPSA) is 9.23 Å². The highest BCUT2D eigenvalue weighted by Crippen LogP contribution is 2.43. The van der Waals surface area contributed by atoms with Crippen molar-refractivity contribution < 1.29 is 4.74 Å². The van der Waals surface area contributed by atoms with Gasteiger partial charge in [0.1, 0.15) is 0 Å². The van der Waals surface area contributed by atoms with Crippen LogP contribution >= 0.6 is 0 Å². The minimum atomic E-state index is 0.544. The van der Waals surface area contributed by atoms with Gasteiger partial charge in [-0.3, -0.25) is 0 Å². The van der Waals surface area contributed by atoms with Gasteiger partial charge in [-0.1, -0.05) is 33.6 Å². The summed E-state index contributed by atoms with van der Waals surface area (Å²) in [6, 6.07) is 0. The monoisotopic (exact) mass is 212 g/mol. The molecule has 0 N–H and O–H groups in total. The van der Waals surface area contributed by atoms with Gasteiger partial charge < -0.3 is 4.74 Å². The van der Waals surface area contributed by atoms with Crippen LogP contribution in [-0.4, -0.2) is 12.7 Å². The van der Waals surface area contributed by atoms with Crippen LogP contribution in [-0.2, 0) is 4.74 Å². The maximum atomic E-state index is 5.79. The molecular weight excluding hydrogens is 184 g/mol. The third-order valence-corrected chi connectivity index (χ3v) is 4.07. The second-order valence-electron chi connectivity index (χ2n) is 5.68. The van der Waals surface area contributed by atoms with Crippen molar-refractivity contribution in [3.8, 4) is 0 Å². The Labute approximate surface area is 95.6 Å². The molecule has 15 heavy (non-hydrogen) atoms. The van der Waals surface area contributed by atoms with Crippen LogP contribution in [0.5, 0.6) is 0 Å². The SMILES string of the molecule is CCCCC1CC(OCC)CCC1(C)C. The molecule has 1 nitrogen and oxygen atoms in total. The Morgan fingerprint density at radius 2 is 2.00 bits per heavy atom. The summed E-state index contributed by atoms with van der Waals surface area (Å²) in [5, 5.41) is 0. The van der Waals surface area contributed by atoms with Crippen molar-refractivity contribution in [1.82, 2.24) is 0 Å². The fourth-order valence-electron chi connectivity index (χ4n) is 2.84. The van der Waals surface area contributed by atoms with Crippen LogP contribution in [0.25, 0.3) is 0 Å². The number of rotatable bonds is 5. The Hall–Kier alpha value is -0.0400. The Balaban J connectivity index is 2.46. The fourth-order valence-corrected chi connectivity index (χ4v) is 2.84. The predicted octanol–water partition coefficient (Wildman–Crippen LogP) is 4.41. The second kappa shape index (κ2) is 5.89.